The van der Waals surface area contributed by atoms with Gasteiger partial charge in [-0.1, -0.05) is 23.1 Å². The molecule has 2 heterocycles. The number of amides is 1. The van der Waals surface area contributed by atoms with E-state index < -0.39 is 0 Å². The lowest BCUT2D eigenvalue weighted by molar-refractivity contribution is -0.115. The number of ether oxygens (including phenoxy) is 1. The van der Waals surface area contributed by atoms with Gasteiger partial charge in [-0.2, -0.15) is 5.10 Å². The van der Waals surface area contributed by atoms with Gasteiger partial charge in [0, 0.05) is 12.7 Å². The third-order valence-electron chi connectivity index (χ3n) is 4.15. The molecule has 0 aliphatic heterocycles. The highest BCUT2D eigenvalue weighted by molar-refractivity contribution is 8.02. The van der Waals surface area contributed by atoms with Crippen LogP contribution in [0.25, 0.3) is 0 Å². The highest BCUT2D eigenvalue weighted by Crippen LogP contribution is 2.31. The van der Waals surface area contributed by atoms with Crippen molar-refractivity contribution in [1.82, 2.24) is 20.0 Å². The van der Waals surface area contributed by atoms with E-state index in [-0.39, 0.29) is 11.2 Å². The van der Waals surface area contributed by atoms with Gasteiger partial charge in [-0.15, -0.1) is 10.2 Å². The second-order valence-electron chi connectivity index (χ2n) is 6.15. The fraction of sp³-hybridized carbons (Fsp3) is 0.333. The molecule has 0 saturated carbocycles. The number of hydrogen-bond donors (Lipinski definition) is 2. The van der Waals surface area contributed by atoms with E-state index in [1.54, 1.807) is 11.8 Å². The SMILES string of the molecule is COc1ccc(Nc2nnc(S[C@H](C)C(=O)Nc3c(C)nn(C)c3C)s2)cc1. The van der Waals surface area contributed by atoms with Crippen molar-refractivity contribution >= 4 is 45.5 Å². The number of thioether (sulfide) groups is 1. The summed E-state index contributed by atoms with van der Waals surface area (Å²) >= 11 is 2.77. The third kappa shape index (κ3) is 4.63. The predicted octanol–water partition coefficient (Wildman–Crippen LogP) is 3.76. The van der Waals surface area contributed by atoms with Crippen LogP contribution >= 0.6 is 23.1 Å². The number of anilines is 3. The molecule has 8 nitrogen and oxygen atoms in total. The minimum absolute atomic E-state index is 0.0935. The van der Waals surface area contributed by atoms with E-state index in [1.807, 2.05) is 52.1 Å². The summed E-state index contributed by atoms with van der Waals surface area (Å²) in [5, 5.41) is 19.1. The van der Waals surface area contributed by atoms with Crippen LogP contribution in [0.2, 0.25) is 0 Å². The summed E-state index contributed by atoms with van der Waals surface area (Å²) in [4.78, 5) is 12.5. The van der Waals surface area contributed by atoms with Crippen LogP contribution in [0.1, 0.15) is 18.3 Å². The van der Waals surface area contributed by atoms with Gasteiger partial charge in [-0.3, -0.25) is 9.48 Å². The number of nitrogens with one attached hydrogen (secondary N) is 2. The van der Waals surface area contributed by atoms with Gasteiger partial charge in [0.25, 0.3) is 0 Å². The second-order valence-corrected chi connectivity index (χ2v) is 8.71. The fourth-order valence-corrected chi connectivity index (χ4v) is 4.41. The van der Waals surface area contributed by atoms with E-state index >= 15 is 0 Å². The van der Waals surface area contributed by atoms with Crippen LogP contribution in [0, 0.1) is 13.8 Å². The number of hydrogen-bond acceptors (Lipinski definition) is 8. The molecule has 2 N–H and O–H groups in total. The minimum Gasteiger partial charge on any atom is -0.497 e. The van der Waals surface area contributed by atoms with E-state index in [2.05, 4.69) is 25.9 Å². The van der Waals surface area contributed by atoms with Crippen LogP contribution in [0.4, 0.5) is 16.5 Å². The van der Waals surface area contributed by atoms with Gasteiger partial charge in [0.1, 0.15) is 5.75 Å². The minimum atomic E-state index is -0.319. The first kappa shape index (κ1) is 20.2. The first-order valence-corrected chi connectivity index (χ1v) is 10.3. The van der Waals surface area contributed by atoms with Crippen molar-refractivity contribution in [3.8, 4) is 5.75 Å². The molecule has 1 aromatic carbocycles. The third-order valence-corrected chi connectivity index (χ3v) is 6.17. The molecule has 0 spiro atoms. The molecule has 0 saturated heterocycles. The normalized spacial score (nSPS) is 11.9. The first-order valence-electron chi connectivity index (χ1n) is 8.59. The quantitative estimate of drug-likeness (QED) is 0.564. The van der Waals surface area contributed by atoms with Gasteiger partial charge < -0.3 is 15.4 Å². The average molecular weight is 419 g/mol. The summed E-state index contributed by atoms with van der Waals surface area (Å²) in [5.41, 5.74) is 3.37. The van der Waals surface area contributed by atoms with Gasteiger partial charge in [0.05, 0.1) is 29.4 Å². The fourth-order valence-electron chi connectivity index (χ4n) is 2.49. The zero-order valence-corrected chi connectivity index (χ0v) is 17.9. The smallest absolute Gasteiger partial charge is 0.237 e. The Hall–Kier alpha value is -2.59. The molecule has 0 radical (unpaired) electrons. The summed E-state index contributed by atoms with van der Waals surface area (Å²) in [6, 6.07) is 7.55. The number of rotatable bonds is 7. The number of aromatic nitrogens is 4. The Morgan fingerprint density at radius 3 is 2.57 bits per heavy atom. The van der Waals surface area contributed by atoms with Crippen molar-refractivity contribution in [3.63, 3.8) is 0 Å². The van der Waals surface area contributed by atoms with Gasteiger partial charge in [-0.25, -0.2) is 0 Å². The summed E-state index contributed by atoms with van der Waals surface area (Å²) in [6.45, 7) is 5.65. The van der Waals surface area contributed by atoms with Gasteiger partial charge in [0.15, 0.2) is 4.34 Å². The maximum absolute atomic E-state index is 12.5. The number of aryl methyl sites for hydroxylation is 2. The molecule has 2 aromatic heterocycles. The highest BCUT2D eigenvalue weighted by atomic mass is 32.2. The molecule has 1 atom stereocenters. The summed E-state index contributed by atoms with van der Waals surface area (Å²) < 4.78 is 7.62. The van der Waals surface area contributed by atoms with Crippen LogP contribution in [-0.4, -0.2) is 38.2 Å². The summed E-state index contributed by atoms with van der Waals surface area (Å²) in [6.07, 6.45) is 0. The largest absolute Gasteiger partial charge is 0.497 e. The molecule has 10 heteroatoms. The van der Waals surface area contributed by atoms with Crippen molar-refractivity contribution in [1.29, 1.82) is 0 Å². The Labute approximate surface area is 171 Å². The Kier molecular flexibility index (Phi) is 6.20. The topological polar surface area (TPSA) is 94.0 Å². The van der Waals surface area contributed by atoms with Crippen LogP contribution in [0.3, 0.4) is 0 Å². The van der Waals surface area contributed by atoms with E-state index in [9.17, 15) is 4.79 Å². The average Bonchev–Trinajstić information content (AvgIpc) is 3.21. The number of carbonyl (C=O) groups excluding carboxylic acids is 1. The van der Waals surface area contributed by atoms with Crippen LogP contribution in [0.15, 0.2) is 28.6 Å². The van der Waals surface area contributed by atoms with E-state index in [0.29, 0.717) is 5.13 Å². The molecule has 3 aromatic rings. The molecule has 1 amide bonds. The summed E-state index contributed by atoms with van der Waals surface area (Å²) in [7, 11) is 3.49. The number of nitrogens with zero attached hydrogens (tertiary/aromatic N) is 4. The Balaban J connectivity index is 1.59. The molecular weight excluding hydrogens is 396 g/mol. The summed E-state index contributed by atoms with van der Waals surface area (Å²) in [5.74, 6) is 0.696. The van der Waals surface area contributed by atoms with E-state index in [4.69, 9.17) is 4.74 Å². The lowest BCUT2D eigenvalue weighted by Crippen LogP contribution is -2.23. The Morgan fingerprint density at radius 1 is 1.25 bits per heavy atom. The standard InChI is InChI=1S/C18H22N6O2S2/c1-10-15(11(2)24(4)23-10)20-16(25)12(3)27-18-22-21-17(28-18)19-13-6-8-14(26-5)9-7-13/h6-9,12H,1-5H3,(H,19,21)(H,20,25)/t12-/m1/s1. The van der Waals surface area contributed by atoms with Gasteiger partial charge >= 0.3 is 0 Å². The van der Waals surface area contributed by atoms with E-state index in [0.717, 1.165) is 32.9 Å². The predicted molar refractivity (Wildman–Crippen MR) is 113 cm³/mol. The van der Waals surface area contributed by atoms with Crippen LogP contribution in [0.5, 0.6) is 5.75 Å². The zero-order valence-electron chi connectivity index (χ0n) is 16.3. The Morgan fingerprint density at radius 2 is 1.96 bits per heavy atom. The van der Waals surface area contributed by atoms with Crippen molar-refractivity contribution in [2.75, 3.05) is 17.7 Å². The maximum atomic E-state index is 12.5. The monoisotopic (exact) mass is 418 g/mol. The molecule has 3 rings (SSSR count). The van der Waals surface area contributed by atoms with Crippen molar-refractivity contribution < 1.29 is 9.53 Å². The highest BCUT2D eigenvalue weighted by Gasteiger charge is 2.20. The van der Waals surface area contributed by atoms with E-state index in [1.165, 1.54) is 23.1 Å². The lowest BCUT2D eigenvalue weighted by Gasteiger charge is -2.10. The molecule has 0 aliphatic rings. The Bertz CT molecular complexity index is 967. The molecule has 0 unspecified atom stereocenters. The van der Waals surface area contributed by atoms with Crippen LogP contribution < -0.4 is 15.4 Å². The maximum Gasteiger partial charge on any atom is 0.237 e. The van der Waals surface area contributed by atoms with Crippen molar-refractivity contribution in [2.24, 2.45) is 7.05 Å². The van der Waals surface area contributed by atoms with Gasteiger partial charge in [-0.05, 0) is 45.0 Å². The number of methoxy groups -OCH3 is 1. The van der Waals surface area contributed by atoms with Crippen molar-refractivity contribution in [2.45, 2.75) is 30.4 Å². The molecular formula is C18H22N6O2S2. The molecule has 28 heavy (non-hydrogen) atoms. The van der Waals surface area contributed by atoms with Gasteiger partial charge in [0.2, 0.25) is 11.0 Å². The molecule has 0 bridgehead atoms. The first-order chi connectivity index (χ1) is 13.4. The number of benzene rings is 1. The second kappa shape index (κ2) is 8.61. The molecule has 0 fully saturated rings. The van der Waals surface area contributed by atoms with Crippen molar-refractivity contribution in [3.05, 3.63) is 35.7 Å². The zero-order chi connectivity index (χ0) is 20.3. The number of carbonyl (C=O) groups is 1. The molecule has 148 valence electrons. The molecule has 0 aliphatic carbocycles. The lowest BCUT2D eigenvalue weighted by atomic mass is 10.3. The van der Waals surface area contributed by atoms with Crippen LogP contribution in [-0.2, 0) is 11.8 Å².